The van der Waals surface area contributed by atoms with Crippen LogP contribution in [0.3, 0.4) is 0 Å². The highest BCUT2D eigenvalue weighted by molar-refractivity contribution is 5.85. The van der Waals surface area contributed by atoms with Gasteiger partial charge in [-0.2, -0.15) is 5.10 Å². The number of rotatable bonds is 7. The van der Waals surface area contributed by atoms with E-state index >= 15 is 0 Å². The van der Waals surface area contributed by atoms with E-state index in [0.29, 0.717) is 26.4 Å². The van der Waals surface area contributed by atoms with Crippen molar-refractivity contribution in [2.24, 2.45) is 5.41 Å². The summed E-state index contributed by atoms with van der Waals surface area (Å²) in [5, 5.41) is 7.44. The monoisotopic (exact) mass is 333 g/mol. The van der Waals surface area contributed by atoms with Crippen molar-refractivity contribution in [3.63, 3.8) is 0 Å². The van der Waals surface area contributed by atoms with Gasteiger partial charge in [-0.3, -0.25) is 9.48 Å². The van der Waals surface area contributed by atoms with Crippen LogP contribution in [-0.4, -0.2) is 47.7 Å². The fourth-order valence-corrected chi connectivity index (χ4v) is 3.01. The van der Waals surface area contributed by atoms with Crippen LogP contribution in [0.4, 0.5) is 0 Å². The summed E-state index contributed by atoms with van der Waals surface area (Å²) in [5.74, 6) is 0.126. The lowest BCUT2D eigenvalue weighted by molar-refractivity contribution is -0.131. The highest BCUT2D eigenvalue weighted by Crippen LogP contribution is 2.47. The molecule has 1 aliphatic heterocycles. The number of nitrogens with one attached hydrogen (secondary N) is 1. The van der Waals surface area contributed by atoms with Crippen LogP contribution < -0.4 is 5.32 Å². The van der Waals surface area contributed by atoms with Crippen LogP contribution in [0.1, 0.15) is 33.1 Å². The molecule has 24 heavy (non-hydrogen) atoms. The fraction of sp³-hybridized carbons (Fsp3) is 0.667. The number of carbonyl (C=O) groups is 1. The number of amides is 1. The molecule has 6 nitrogen and oxygen atoms in total. The minimum absolute atomic E-state index is 0.0203. The van der Waals surface area contributed by atoms with Gasteiger partial charge in [-0.1, -0.05) is 11.6 Å². The summed E-state index contributed by atoms with van der Waals surface area (Å²) < 4.78 is 13.3. The molecule has 1 saturated carbocycles. The SMILES string of the molecule is CC(C)=CCO[C@@H]1COCC[C@H]1NC(=O)C1(Cn2cccn2)CC1. The predicted octanol–water partition coefficient (Wildman–Crippen LogP) is 1.92. The number of hydrogen-bond donors (Lipinski definition) is 1. The third-order valence-electron chi connectivity index (χ3n) is 4.78. The summed E-state index contributed by atoms with van der Waals surface area (Å²) in [7, 11) is 0. The van der Waals surface area contributed by atoms with Gasteiger partial charge in [-0.15, -0.1) is 0 Å². The minimum Gasteiger partial charge on any atom is -0.379 e. The van der Waals surface area contributed by atoms with Gasteiger partial charge in [0.05, 0.1) is 31.2 Å². The van der Waals surface area contributed by atoms with Crippen LogP contribution in [0.5, 0.6) is 0 Å². The Bertz CT molecular complexity index is 574. The normalized spacial score (nSPS) is 25.1. The van der Waals surface area contributed by atoms with Crippen molar-refractivity contribution in [2.45, 2.75) is 51.8 Å². The van der Waals surface area contributed by atoms with Crippen molar-refractivity contribution in [3.05, 3.63) is 30.1 Å². The molecule has 0 radical (unpaired) electrons. The molecule has 0 aromatic carbocycles. The molecule has 2 fully saturated rings. The van der Waals surface area contributed by atoms with Crippen molar-refractivity contribution in [1.29, 1.82) is 0 Å². The Morgan fingerprint density at radius 2 is 2.33 bits per heavy atom. The molecule has 0 bridgehead atoms. The van der Waals surface area contributed by atoms with Gasteiger partial charge in [0.2, 0.25) is 5.91 Å². The quantitative estimate of drug-likeness (QED) is 0.774. The van der Waals surface area contributed by atoms with Crippen LogP contribution >= 0.6 is 0 Å². The number of carbonyl (C=O) groups excluding carboxylic acids is 1. The first kappa shape index (κ1) is 17.2. The molecule has 3 rings (SSSR count). The summed E-state index contributed by atoms with van der Waals surface area (Å²) in [6.45, 7) is 6.51. The second kappa shape index (κ2) is 7.49. The lowest BCUT2D eigenvalue weighted by atomic mass is 10.0. The van der Waals surface area contributed by atoms with Crippen molar-refractivity contribution in [2.75, 3.05) is 19.8 Å². The van der Waals surface area contributed by atoms with Crippen molar-refractivity contribution < 1.29 is 14.3 Å². The summed E-state index contributed by atoms with van der Waals surface area (Å²) >= 11 is 0. The van der Waals surface area contributed by atoms with Crippen LogP contribution in [0.25, 0.3) is 0 Å². The Morgan fingerprint density at radius 3 is 3.00 bits per heavy atom. The van der Waals surface area contributed by atoms with Gasteiger partial charge in [0.1, 0.15) is 6.10 Å². The average molecular weight is 333 g/mol. The van der Waals surface area contributed by atoms with E-state index in [2.05, 4.69) is 10.4 Å². The van der Waals surface area contributed by atoms with Gasteiger partial charge in [0.25, 0.3) is 0 Å². The molecule has 2 heterocycles. The van der Waals surface area contributed by atoms with Crippen molar-refractivity contribution in [1.82, 2.24) is 15.1 Å². The van der Waals surface area contributed by atoms with E-state index in [1.165, 1.54) is 5.57 Å². The topological polar surface area (TPSA) is 65.4 Å². The Kier molecular flexibility index (Phi) is 5.36. The standard InChI is InChI=1S/C18H27N3O3/c1-14(2)4-11-24-16-12-23-10-5-15(16)20-17(22)18(6-7-18)13-21-9-3-8-19-21/h3-4,8-9,15-16H,5-7,10-13H2,1-2H3,(H,20,22)/t15-,16-/m1/s1. The first-order chi connectivity index (χ1) is 11.6. The molecule has 2 aliphatic rings. The van der Waals surface area contributed by atoms with E-state index < -0.39 is 0 Å². The van der Waals surface area contributed by atoms with Crippen molar-refractivity contribution >= 4 is 5.91 Å². The Labute approximate surface area is 143 Å². The van der Waals surface area contributed by atoms with E-state index in [1.807, 2.05) is 36.9 Å². The molecule has 6 heteroatoms. The fourth-order valence-electron chi connectivity index (χ4n) is 3.01. The molecule has 2 atom stereocenters. The number of aromatic nitrogens is 2. The molecule has 1 N–H and O–H groups in total. The van der Waals surface area contributed by atoms with Gasteiger partial charge in [-0.25, -0.2) is 0 Å². The second-order valence-electron chi connectivity index (χ2n) is 7.08. The molecule has 1 saturated heterocycles. The van der Waals surface area contributed by atoms with Gasteiger partial charge in [-0.05, 0) is 39.2 Å². The van der Waals surface area contributed by atoms with E-state index in [-0.39, 0.29) is 23.5 Å². The zero-order valence-electron chi connectivity index (χ0n) is 14.5. The first-order valence-corrected chi connectivity index (χ1v) is 8.70. The molecular weight excluding hydrogens is 306 g/mol. The molecule has 0 spiro atoms. The maximum atomic E-state index is 12.8. The van der Waals surface area contributed by atoms with E-state index in [4.69, 9.17) is 9.47 Å². The highest BCUT2D eigenvalue weighted by Gasteiger charge is 2.51. The number of allylic oxidation sites excluding steroid dienone is 1. The third-order valence-corrected chi connectivity index (χ3v) is 4.78. The zero-order valence-corrected chi connectivity index (χ0v) is 14.5. The highest BCUT2D eigenvalue weighted by atomic mass is 16.5. The van der Waals surface area contributed by atoms with E-state index in [9.17, 15) is 4.79 Å². The first-order valence-electron chi connectivity index (χ1n) is 8.70. The average Bonchev–Trinajstić information content (AvgIpc) is 3.15. The molecule has 1 aromatic rings. The van der Waals surface area contributed by atoms with E-state index in [1.54, 1.807) is 6.20 Å². The number of ether oxygens (including phenoxy) is 2. The Hall–Kier alpha value is -1.66. The van der Waals surface area contributed by atoms with Gasteiger partial charge >= 0.3 is 0 Å². The van der Waals surface area contributed by atoms with Gasteiger partial charge < -0.3 is 14.8 Å². The molecule has 132 valence electrons. The van der Waals surface area contributed by atoms with Crippen LogP contribution in [0, 0.1) is 5.41 Å². The Balaban J connectivity index is 1.56. The molecule has 1 aliphatic carbocycles. The maximum Gasteiger partial charge on any atom is 0.228 e. The van der Waals surface area contributed by atoms with Crippen LogP contribution in [0.15, 0.2) is 30.1 Å². The van der Waals surface area contributed by atoms with Crippen LogP contribution in [-0.2, 0) is 20.8 Å². The zero-order chi connectivity index (χ0) is 17.0. The number of nitrogens with zero attached hydrogens (tertiary/aromatic N) is 2. The second-order valence-corrected chi connectivity index (χ2v) is 7.08. The van der Waals surface area contributed by atoms with Crippen LogP contribution in [0.2, 0.25) is 0 Å². The van der Waals surface area contributed by atoms with Gasteiger partial charge in [0.15, 0.2) is 0 Å². The smallest absolute Gasteiger partial charge is 0.228 e. The largest absolute Gasteiger partial charge is 0.379 e. The lowest BCUT2D eigenvalue weighted by Crippen LogP contribution is -2.52. The molecule has 1 amide bonds. The summed E-state index contributed by atoms with van der Waals surface area (Å²) in [6, 6.07) is 1.91. The summed E-state index contributed by atoms with van der Waals surface area (Å²) in [4.78, 5) is 12.8. The third kappa shape index (κ3) is 4.24. The predicted molar refractivity (Wildman–Crippen MR) is 90.4 cm³/mol. The Morgan fingerprint density at radius 1 is 1.50 bits per heavy atom. The molecule has 1 aromatic heterocycles. The van der Waals surface area contributed by atoms with E-state index in [0.717, 1.165) is 19.3 Å². The molecule has 0 unspecified atom stereocenters. The lowest BCUT2D eigenvalue weighted by Gasteiger charge is -2.33. The summed E-state index contributed by atoms with van der Waals surface area (Å²) in [5.41, 5.74) is 0.929. The van der Waals surface area contributed by atoms with Gasteiger partial charge in [0, 0.05) is 19.0 Å². The minimum atomic E-state index is -0.297. The summed E-state index contributed by atoms with van der Waals surface area (Å²) in [6.07, 6.45) is 8.26. The number of hydrogen-bond acceptors (Lipinski definition) is 4. The van der Waals surface area contributed by atoms with Crippen molar-refractivity contribution in [3.8, 4) is 0 Å². The molecular formula is C18H27N3O3. The maximum absolute atomic E-state index is 12.8.